The van der Waals surface area contributed by atoms with Gasteiger partial charge in [0.25, 0.3) is 0 Å². The normalized spacial score (nSPS) is 25.0. The van der Waals surface area contributed by atoms with E-state index in [0.29, 0.717) is 5.71 Å². The van der Waals surface area contributed by atoms with E-state index in [1.54, 1.807) is 27.7 Å². The predicted molar refractivity (Wildman–Crippen MR) is 97.0 cm³/mol. The minimum Gasteiger partial charge on any atom is -0.466 e. The lowest BCUT2D eigenvalue weighted by molar-refractivity contribution is -0.154. The number of carbonyl (C=O) groups excluding carboxylic acids is 2. The SMILES string of the molecule is CCOC(=O)C1C(C)=NC(C)C(C(=O)OCC)C1c1ccccc1C(F)(F)F. The molecule has 1 aliphatic rings. The Morgan fingerprint density at radius 2 is 1.64 bits per heavy atom. The standard InChI is InChI=1S/C20H24F3NO4/c1-5-27-18(25)15-11(3)24-12(4)16(19(26)28-6-2)17(15)13-9-7-8-10-14(13)20(21,22)23/h7-11,15-17H,5-6H2,1-4H3. The summed E-state index contributed by atoms with van der Waals surface area (Å²) >= 11 is 0. The fraction of sp³-hybridized carbons (Fsp3) is 0.550. The van der Waals surface area contributed by atoms with Crippen molar-refractivity contribution in [3.05, 3.63) is 35.4 Å². The minimum absolute atomic E-state index is 0.0654. The van der Waals surface area contributed by atoms with Gasteiger partial charge in [-0.2, -0.15) is 13.2 Å². The smallest absolute Gasteiger partial charge is 0.416 e. The molecule has 4 atom stereocenters. The number of hydrogen-bond donors (Lipinski definition) is 0. The number of nitrogens with zero attached hydrogens (tertiary/aromatic N) is 1. The van der Waals surface area contributed by atoms with Crippen LogP contribution in [-0.4, -0.2) is 36.9 Å². The molecule has 0 radical (unpaired) electrons. The highest BCUT2D eigenvalue weighted by Gasteiger charge is 2.50. The Morgan fingerprint density at radius 1 is 1.07 bits per heavy atom. The zero-order valence-electron chi connectivity index (χ0n) is 16.2. The maximum absolute atomic E-state index is 13.7. The van der Waals surface area contributed by atoms with E-state index in [1.165, 1.54) is 18.2 Å². The molecule has 8 heteroatoms. The molecule has 1 heterocycles. The third-order valence-electron chi connectivity index (χ3n) is 4.85. The van der Waals surface area contributed by atoms with Gasteiger partial charge in [0.15, 0.2) is 0 Å². The molecule has 1 aromatic rings. The number of hydrogen-bond acceptors (Lipinski definition) is 5. The van der Waals surface area contributed by atoms with Crippen LogP contribution in [0.1, 0.15) is 44.7 Å². The predicted octanol–water partition coefficient (Wildman–Crippen LogP) is 4.01. The van der Waals surface area contributed by atoms with Gasteiger partial charge >= 0.3 is 18.1 Å². The first kappa shape index (κ1) is 21.9. The first-order valence-electron chi connectivity index (χ1n) is 9.17. The second kappa shape index (κ2) is 8.75. The number of aliphatic imine (C=N–C) groups is 1. The second-order valence-electron chi connectivity index (χ2n) is 6.63. The minimum atomic E-state index is -4.64. The van der Waals surface area contributed by atoms with E-state index in [-0.39, 0.29) is 18.8 Å². The Morgan fingerprint density at radius 3 is 2.21 bits per heavy atom. The van der Waals surface area contributed by atoms with Crippen LogP contribution in [0.15, 0.2) is 29.3 Å². The maximum Gasteiger partial charge on any atom is 0.416 e. The Balaban J connectivity index is 2.71. The van der Waals surface area contributed by atoms with E-state index in [0.717, 1.165) is 6.07 Å². The number of carbonyl (C=O) groups is 2. The molecule has 1 aromatic carbocycles. The average molecular weight is 399 g/mol. The molecule has 0 amide bonds. The van der Waals surface area contributed by atoms with Gasteiger partial charge < -0.3 is 9.47 Å². The summed E-state index contributed by atoms with van der Waals surface area (Å²) in [6.07, 6.45) is -4.64. The molecule has 0 bridgehead atoms. The largest absolute Gasteiger partial charge is 0.466 e. The van der Waals surface area contributed by atoms with Crippen LogP contribution in [0.3, 0.4) is 0 Å². The van der Waals surface area contributed by atoms with Crippen molar-refractivity contribution in [2.45, 2.75) is 45.8 Å². The molecule has 0 saturated heterocycles. The molecule has 0 spiro atoms. The molecule has 0 aromatic heterocycles. The number of esters is 2. The lowest BCUT2D eigenvalue weighted by Crippen LogP contribution is -2.46. The molecule has 0 fully saturated rings. The molecule has 0 aliphatic carbocycles. The van der Waals surface area contributed by atoms with Crippen molar-refractivity contribution in [2.24, 2.45) is 16.8 Å². The van der Waals surface area contributed by atoms with E-state index in [1.807, 2.05) is 0 Å². The number of alkyl halides is 3. The van der Waals surface area contributed by atoms with Gasteiger partial charge in [0.05, 0.1) is 30.7 Å². The summed E-state index contributed by atoms with van der Waals surface area (Å²) in [5, 5.41) is 0. The zero-order valence-corrected chi connectivity index (χ0v) is 16.2. The van der Waals surface area contributed by atoms with Crippen molar-refractivity contribution in [1.29, 1.82) is 0 Å². The Hall–Kier alpha value is -2.38. The van der Waals surface area contributed by atoms with Crippen molar-refractivity contribution in [3.8, 4) is 0 Å². The third kappa shape index (κ3) is 4.36. The van der Waals surface area contributed by atoms with Gasteiger partial charge in [0.1, 0.15) is 5.92 Å². The number of benzene rings is 1. The maximum atomic E-state index is 13.7. The lowest BCUT2D eigenvalue weighted by atomic mass is 9.69. The molecule has 28 heavy (non-hydrogen) atoms. The molecular formula is C20H24F3NO4. The third-order valence-corrected chi connectivity index (χ3v) is 4.85. The van der Waals surface area contributed by atoms with Crippen LogP contribution in [0.2, 0.25) is 0 Å². The van der Waals surface area contributed by atoms with Crippen LogP contribution in [0.25, 0.3) is 0 Å². The molecule has 2 rings (SSSR count). The molecule has 0 saturated carbocycles. The molecule has 0 N–H and O–H groups in total. The second-order valence-corrected chi connectivity index (χ2v) is 6.63. The molecule has 154 valence electrons. The number of rotatable bonds is 5. The number of halogens is 3. The molecular weight excluding hydrogens is 375 g/mol. The topological polar surface area (TPSA) is 65.0 Å². The van der Waals surface area contributed by atoms with Crippen LogP contribution in [0.5, 0.6) is 0 Å². The van der Waals surface area contributed by atoms with Crippen molar-refractivity contribution < 1.29 is 32.2 Å². The van der Waals surface area contributed by atoms with E-state index in [4.69, 9.17) is 9.47 Å². The molecule has 4 unspecified atom stereocenters. The van der Waals surface area contributed by atoms with Gasteiger partial charge in [-0.1, -0.05) is 18.2 Å². The van der Waals surface area contributed by atoms with Crippen LogP contribution >= 0.6 is 0 Å². The van der Waals surface area contributed by atoms with Crippen LogP contribution < -0.4 is 0 Å². The molecule has 1 aliphatic heterocycles. The van der Waals surface area contributed by atoms with Gasteiger partial charge in [-0.05, 0) is 39.3 Å². The van der Waals surface area contributed by atoms with Crippen LogP contribution in [0, 0.1) is 11.8 Å². The van der Waals surface area contributed by atoms with E-state index in [2.05, 4.69) is 4.99 Å². The van der Waals surface area contributed by atoms with Crippen LogP contribution in [-0.2, 0) is 25.2 Å². The summed E-state index contributed by atoms with van der Waals surface area (Å²) in [6.45, 7) is 6.56. The van der Waals surface area contributed by atoms with Gasteiger partial charge in [-0.15, -0.1) is 0 Å². The van der Waals surface area contributed by atoms with Crippen molar-refractivity contribution >= 4 is 17.7 Å². The lowest BCUT2D eigenvalue weighted by Gasteiger charge is -2.38. The van der Waals surface area contributed by atoms with Gasteiger partial charge in [-0.25, -0.2) is 0 Å². The fourth-order valence-corrected chi connectivity index (χ4v) is 3.80. The highest BCUT2D eigenvalue weighted by atomic mass is 19.4. The first-order chi connectivity index (χ1) is 13.1. The molecule has 5 nitrogen and oxygen atoms in total. The van der Waals surface area contributed by atoms with Crippen LogP contribution in [0.4, 0.5) is 13.2 Å². The fourth-order valence-electron chi connectivity index (χ4n) is 3.80. The van der Waals surface area contributed by atoms with E-state index in [9.17, 15) is 22.8 Å². The van der Waals surface area contributed by atoms with Gasteiger partial charge in [0, 0.05) is 11.6 Å². The highest BCUT2D eigenvalue weighted by Crippen LogP contribution is 2.45. The van der Waals surface area contributed by atoms with E-state index < -0.39 is 47.5 Å². The summed E-state index contributed by atoms with van der Waals surface area (Å²) in [6, 6.07) is 4.35. The quantitative estimate of drug-likeness (QED) is 0.702. The summed E-state index contributed by atoms with van der Waals surface area (Å²) in [5.41, 5.74) is -0.675. The van der Waals surface area contributed by atoms with Gasteiger partial charge in [0.2, 0.25) is 0 Å². The monoisotopic (exact) mass is 399 g/mol. The first-order valence-corrected chi connectivity index (χ1v) is 9.17. The summed E-state index contributed by atoms with van der Waals surface area (Å²) in [5.74, 6) is -4.62. The van der Waals surface area contributed by atoms with Crippen molar-refractivity contribution in [3.63, 3.8) is 0 Å². The Labute approximate surface area is 161 Å². The average Bonchev–Trinajstić information content (AvgIpc) is 2.60. The summed E-state index contributed by atoms with van der Waals surface area (Å²) in [4.78, 5) is 29.7. The highest BCUT2D eigenvalue weighted by molar-refractivity contribution is 6.03. The summed E-state index contributed by atoms with van der Waals surface area (Å²) < 4.78 is 51.3. The number of ether oxygens (including phenoxy) is 2. The van der Waals surface area contributed by atoms with E-state index >= 15 is 0 Å². The van der Waals surface area contributed by atoms with Crippen molar-refractivity contribution in [2.75, 3.05) is 13.2 Å². The summed E-state index contributed by atoms with van der Waals surface area (Å²) in [7, 11) is 0. The van der Waals surface area contributed by atoms with Gasteiger partial charge in [-0.3, -0.25) is 14.6 Å². The van der Waals surface area contributed by atoms with Crippen molar-refractivity contribution in [1.82, 2.24) is 0 Å². The zero-order chi connectivity index (χ0) is 21.1. The Kier molecular flexibility index (Phi) is 6.85. The Bertz CT molecular complexity index is 760.